The molecule has 1 aromatic carbocycles. The normalized spacial score (nSPS) is 18.2. The van der Waals surface area contributed by atoms with E-state index in [1.165, 1.54) is 0 Å². The molecule has 1 heterocycles. The lowest BCUT2D eigenvalue weighted by Gasteiger charge is -2.13. The molecule has 2 rings (SSSR count). The summed E-state index contributed by atoms with van der Waals surface area (Å²) in [5.41, 5.74) is 0. The van der Waals surface area contributed by atoms with Gasteiger partial charge < -0.3 is 10.1 Å². The Morgan fingerprint density at radius 1 is 1.26 bits per heavy atom. The lowest BCUT2D eigenvalue weighted by atomic mass is 10.2. The second-order valence-electron chi connectivity index (χ2n) is 5.21. The zero-order valence-corrected chi connectivity index (χ0v) is 14.1. The monoisotopic (exact) mass is 360 g/mol. The standard InChI is InChI=1S/C14H17ClN2O5S/c1-23(20,21)9-6-12-13(18)17(14(19)16-12)7-8-22-11-4-2-10(15)3-5-11/h2-5,12H,6-9H2,1H3,(H,16,19)/t12-/m0/s1. The van der Waals surface area contributed by atoms with Gasteiger partial charge in [-0.25, -0.2) is 13.2 Å². The molecule has 3 amide bonds. The predicted octanol–water partition coefficient (Wildman–Crippen LogP) is 1.07. The number of hydrogen-bond donors (Lipinski definition) is 1. The number of imide groups is 1. The van der Waals surface area contributed by atoms with Crippen LogP contribution in [0.4, 0.5) is 4.79 Å². The molecule has 0 radical (unpaired) electrons. The Balaban J connectivity index is 1.84. The molecular formula is C14H17ClN2O5S. The van der Waals surface area contributed by atoms with E-state index in [2.05, 4.69) is 5.32 Å². The largest absolute Gasteiger partial charge is 0.492 e. The maximum absolute atomic E-state index is 12.1. The molecule has 1 aromatic rings. The van der Waals surface area contributed by atoms with E-state index in [0.717, 1.165) is 11.2 Å². The summed E-state index contributed by atoms with van der Waals surface area (Å²) < 4.78 is 27.7. The molecule has 1 aliphatic rings. The van der Waals surface area contributed by atoms with E-state index in [1.54, 1.807) is 24.3 Å². The molecule has 1 fully saturated rings. The topological polar surface area (TPSA) is 92.8 Å². The van der Waals surface area contributed by atoms with Crippen LogP contribution in [0.25, 0.3) is 0 Å². The zero-order valence-electron chi connectivity index (χ0n) is 12.5. The minimum absolute atomic E-state index is 0.0674. The zero-order chi connectivity index (χ0) is 17.0. The number of rotatable bonds is 7. The van der Waals surface area contributed by atoms with Crippen LogP contribution in [0.5, 0.6) is 5.75 Å². The first kappa shape index (κ1) is 17.6. The third kappa shape index (κ3) is 5.11. The number of ether oxygens (including phenoxy) is 1. The third-order valence-corrected chi connectivity index (χ3v) is 4.51. The summed E-state index contributed by atoms with van der Waals surface area (Å²) in [6, 6.07) is 5.38. The van der Waals surface area contributed by atoms with Crippen LogP contribution in [0.15, 0.2) is 24.3 Å². The molecule has 1 atom stereocenters. The molecule has 9 heteroatoms. The number of sulfone groups is 1. The van der Waals surface area contributed by atoms with E-state index in [-0.39, 0.29) is 25.3 Å². The minimum atomic E-state index is -3.18. The van der Waals surface area contributed by atoms with Crippen molar-refractivity contribution in [3.63, 3.8) is 0 Å². The van der Waals surface area contributed by atoms with Crippen molar-refractivity contribution >= 4 is 33.4 Å². The van der Waals surface area contributed by atoms with Crippen LogP contribution >= 0.6 is 11.6 Å². The molecule has 1 saturated heterocycles. The van der Waals surface area contributed by atoms with E-state index in [4.69, 9.17) is 16.3 Å². The Morgan fingerprint density at radius 2 is 1.91 bits per heavy atom. The molecule has 0 aliphatic carbocycles. The van der Waals surface area contributed by atoms with E-state index in [1.807, 2.05) is 0 Å². The van der Waals surface area contributed by atoms with Crippen LogP contribution in [0, 0.1) is 0 Å². The van der Waals surface area contributed by atoms with Crippen molar-refractivity contribution in [2.75, 3.05) is 25.2 Å². The number of benzene rings is 1. The van der Waals surface area contributed by atoms with Crippen LogP contribution in [-0.2, 0) is 14.6 Å². The van der Waals surface area contributed by atoms with Crippen LogP contribution < -0.4 is 10.1 Å². The van der Waals surface area contributed by atoms with Crippen molar-refractivity contribution in [1.29, 1.82) is 0 Å². The first-order valence-corrected chi connectivity index (χ1v) is 9.38. The van der Waals surface area contributed by atoms with Crippen LogP contribution in [0.2, 0.25) is 5.02 Å². The molecule has 0 saturated carbocycles. The fourth-order valence-electron chi connectivity index (χ4n) is 2.10. The number of halogens is 1. The quantitative estimate of drug-likeness (QED) is 0.734. The Kier molecular flexibility index (Phi) is 5.48. The molecule has 0 spiro atoms. The first-order chi connectivity index (χ1) is 10.8. The van der Waals surface area contributed by atoms with Gasteiger partial charge in [0.1, 0.15) is 28.2 Å². The van der Waals surface area contributed by atoms with E-state index < -0.39 is 27.8 Å². The van der Waals surface area contributed by atoms with Gasteiger partial charge in [0.15, 0.2) is 0 Å². The highest BCUT2D eigenvalue weighted by Gasteiger charge is 2.37. The molecule has 7 nitrogen and oxygen atoms in total. The average Bonchev–Trinajstić information content (AvgIpc) is 2.74. The Labute approximate surface area is 139 Å². The van der Waals surface area contributed by atoms with Gasteiger partial charge in [0.2, 0.25) is 0 Å². The van der Waals surface area contributed by atoms with E-state index in [9.17, 15) is 18.0 Å². The number of carbonyl (C=O) groups excluding carboxylic acids is 2. The molecule has 126 valence electrons. The Bertz CT molecular complexity index is 690. The maximum Gasteiger partial charge on any atom is 0.324 e. The summed E-state index contributed by atoms with van der Waals surface area (Å²) in [6.45, 7) is 0.224. The highest BCUT2D eigenvalue weighted by Crippen LogP contribution is 2.16. The van der Waals surface area contributed by atoms with E-state index >= 15 is 0 Å². The van der Waals surface area contributed by atoms with Gasteiger partial charge >= 0.3 is 6.03 Å². The number of nitrogens with zero attached hydrogens (tertiary/aromatic N) is 1. The van der Waals surface area contributed by atoms with Gasteiger partial charge in [-0.2, -0.15) is 0 Å². The Hall–Kier alpha value is -1.80. The lowest BCUT2D eigenvalue weighted by molar-refractivity contribution is -0.127. The molecule has 1 N–H and O–H groups in total. The summed E-state index contributed by atoms with van der Waals surface area (Å²) >= 11 is 5.76. The van der Waals surface area contributed by atoms with Gasteiger partial charge in [-0.3, -0.25) is 9.69 Å². The summed E-state index contributed by atoms with van der Waals surface area (Å²) in [6.07, 6.45) is 1.16. The summed E-state index contributed by atoms with van der Waals surface area (Å²) in [4.78, 5) is 24.9. The molecule has 23 heavy (non-hydrogen) atoms. The van der Waals surface area contributed by atoms with E-state index in [0.29, 0.717) is 10.8 Å². The van der Waals surface area contributed by atoms with Gasteiger partial charge in [0, 0.05) is 11.3 Å². The lowest BCUT2D eigenvalue weighted by Crippen LogP contribution is -2.35. The van der Waals surface area contributed by atoms with Crippen molar-refractivity contribution in [1.82, 2.24) is 10.2 Å². The number of nitrogens with one attached hydrogen (secondary N) is 1. The highest BCUT2D eigenvalue weighted by molar-refractivity contribution is 7.90. The average molecular weight is 361 g/mol. The third-order valence-electron chi connectivity index (χ3n) is 3.28. The van der Waals surface area contributed by atoms with Gasteiger partial charge in [-0.05, 0) is 30.7 Å². The van der Waals surface area contributed by atoms with Crippen molar-refractivity contribution in [3.8, 4) is 5.75 Å². The van der Waals surface area contributed by atoms with Crippen LogP contribution in [0.1, 0.15) is 6.42 Å². The molecule has 0 aromatic heterocycles. The molecule has 1 aliphatic heterocycles. The van der Waals surface area contributed by atoms with Gasteiger partial charge in [-0.15, -0.1) is 0 Å². The molecule has 0 unspecified atom stereocenters. The van der Waals surface area contributed by atoms with Crippen molar-refractivity contribution in [2.24, 2.45) is 0 Å². The van der Waals surface area contributed by atoms with Gasteiger partial charge in [-0.1, -0.05) is 11.6 Å². The molecular weight excluding hydrogens is 344 g/mol. The fraction of sp³-hybridized carbons (Fsp3) is 0.429. The SMILES string of the molecule is CS(=O)(=O)CC[C@@H]1NC(=O)N(CCOc2ccc(Cl)cc2)C1=O. The minimum Gasteiger partial charge on any atom is -0.492 e. The summed E-state index contributed by atoms with van der Waals surface area (Å²) in [5.74, 6) is -0.00727. The smallest absolute Gasteiger partial charge is 0.324 e. The van der Waals surface area contributed by atoms with Crippen molar-refractivity contribution in [3.05, 3.63) is 29.3 Å². The van der Waals surface area contributed by atoms with Gasteiger partial charge in [0.25, 0.3) is 5.91 Å². The Morgan fingerprint density at radius 3 is 2.52 bits per heavy atom. The first-order valence-electron chi connectivity index (χ1n) is 6.94. The summed E-state index contributed by atoms with van der Waals surface area (Å²) in [5, 5.41) is 3.07. The fourth-order valence-corrected chi connectivity index (χ4v) is 2.89. The molecule has 0 bridgehead atoms. The highest BCUT2D eigenvalue weighted by atomic mass is 35.5. The predicted molar refractivity (Wildman–Crippen MR) is 85.3 cm³/mol. The second-order valence-corrected chi connectivity index (χ2v) is 7.91. The van der Waals surface area contributed by atoms with Crippen molar-refractivity contribution in [2.45, 2.75) is 12.5 Å². The van der Waals surface area contributed by atoms with Crippen LogP contribution in [0.3, 0.4) is 0 Å². The number of urea groups is 1. The van der Waals surface area contributed by atoms with Gasteiger partial charge in [0.05, 0.1) is 12.3 Å². The number of amides is 3. The second kappa shape index (κ2) is 7.18. The maximum atomic E-state index is 12.1. The summed E-state index contributed by atoms with van der Waals surface area (Å²) in [7, 11) is -3.18. The van der Waals surface area contributed by atoms with Crippen LogP contribution in [-0.4, -0.2) is 56.5 Å². The number of carbonyl (C=O) groups is 2. The van der Waals surface area contributed by atoms with Crippen molar-refractivity contribution < 1.29 is 22.7 Å². The number of hydrogen-bond acceptors (Lipinski definition) is 5.